The van der Waals surface area contributed by atoms with Crippen molar-refractivity contribution in [1.82, 2.24) is 10.2 Å². The Bertz CT molecular complexity index is 1100. The minimum absolute atomic E-state index is 0.0477. The largest absolute Gasteiger partial charge is 0.383 e. The van der Waals surface area contributed by atoms with Crippen LogP contribution in [0.25, 0.3) is 0 Å². The Morgan fingerprint density at radius 3 is 2.57 bits per heavy atom. The fourth-order valence-corrected chi connectivity index (χ4v) is 5.66. The van der Waals surface area contributed by atoms with Crippen LogP contribution < -0.4 is 10.2 Å². The zero-order chi connectivity index (χ0) is 24.6. The minimum Gasteiger partial charge on any atom is -0.383 e. The number of para-hydroxylation sites is 1. The number of thiophene rings is 1. The van der Waals surface area contributed by atoms with Crippen molar-refractivity contribution in [2.45, 2.75) is 25.3 Å². The normalized spacial score (nSPS) is 17.2. The predicted molar refractivity (Wildman–Crippen MR) is 141 cm³/mol. The van der Waals surface area contributed by atoms with Crippen LogP contribution in [0, 0.1) is 0 Å². The van der Waals surface area contributed by atoms with Gasteiger partial charge in [-0.05, 0) is 48.6 Å². The first-order valence-electron chi connectivity index (χ1n) is 12.2. The molecule has 0 saturated heterocycles. The summed E-state index contributed by atoms with van der Waals surface area (Å²) in [7, 11) is 1.63. The summed E-state index contributed by atoms with van der Waals surface area (Å²) in [6, 6.07) is 21.4. The third-order valence-electron chi connectivity index (χ3n) is 6.50. The van der Waals surface area contributed by atoms with E-state index in [9.17, 15) is 9.59 Å². The molecule has 1 N–H and O–H groups in total. The van der Waals surface area contributed by atoms with Crippen molar-refractivity contribution in [1.29, 1.82) is 0 Å². The van der Waals surface area contributed by atoms with Crippen molar-refractivity contribution < 1.29 is 14.3 Å². The van der Waals surface area contributed by atoms with E-state index in [4.69, 9.17) is 4.74 Å². The molecular weight excluding hydrogens is 458 g/mol. The van der Waals surface area contributed by atoms with Gasteiger partial charge in [0.2, 0.25) is 5.91 Å². The predicted octanol–water partition coefficient (Wildman–Crippen LogP) is 4.71. The Kier molecular flexibility index (Phi) is 8.55. The lowest BCUT2D eigenvalue weighted by Crippen LogP contribution is -2.48. The maximum absolute atomic E-state index is 13.7. The molecule has 7 heteroatoms. The standard InChI is InChI=1S/C28H33N3O3S/c1-3-30(21-11-5-4-6-12-21)17-10-16-29-27(32)25-22-13-7-8-14-23(22)28(33)31(18-19-34-2)26(25)24-15-9-20-35-24/h4-9,11-15,20,25-26H,3,10,16-19H2,1-2H3,(H,29,32)/t25-,26+/m0/s1. The third kappa shape index (κ3) is 5.57. The Balaban J connectivity index is 1.52. The van der Waals surface area contributed by atoms with Gasteiger partial charge in [0.15, 0.2) is 0 Å². The number of carbonyl (C=O) groups excluding carboxylic acids is 2. The lowest BCUT2D eigenvalue weighted by atomic mass is 9.81. The first-order chi connectivity index (χ1) is 17.2. The van der Waals surface area contributed by atoms with E-state index in [1.807, 2.05) is 60.0 Å². The number of benzene rings is 2. The van der Waals surface area contributed by atoms with Crippen LogP contribution in [0.15, 0.2) is 72.1 Å². The van der Waals surface area contributed by atoms with Crippen LogP contribution >= 0.6 is 11.3 Å². The highest BCUT2D eigenvalue weighted by atomic mass is 32.1. The Morgan fingerprint density at radius 1 is 1.09 bits per heavy atom. The SMILES string of the molecule is CCN(CCCNC(=O)[C@H]1c2ccccc2C(=O)N(CCOC)[C@@H]1c1cccs1)c1ccccc1. The van der Waals surface area contributed by atoms with Gasteiger partial charge >= 0.3 is 0 Å². The molecule has 2 atom stereocenters. The summed E-state index contributed by atoms with van der Waals surface area (Å²) in [4.78, 5) is 32.2. The zero-order valence-corrected chi connectivity index (χ0v) is 21.2. The van der Waals surface area contributed by atoms with Crippen LogP contribution in [0.1, 0.15) is 46.1 Å². The first kappa shape index (κ1) is 24.9. The fourth-order valence-electron chi connectivity index (χ4n) is 4.79. The number of ether oxygens (including phenoxy) is 1. The number of hydrogen-bond donors (Lipinski definition) is 1. The summed E-state index contributed by atoms with van der Waals surface area (Å²) >= 11 is 1.58. The summed E-state index contributed by atoms with van der Waals surface area (Å²) in [5, 5.41) is 5.17. The van der Waals surface area contributed by atoms with Gasteiger partial charge in [-0.3, -0.25) is 9.59 Å². The average Bonchev–Trinajstić information content (AvgIpc) is 3.43. The van der Waals surface area contributed by atoms with Crippen LogP contribution in [0.3, 0.4) is 0 Å². The van der Waals surface area contributed by atoms with Gasteiger partial charge in [-0.25, -0.2) is 0 Å². The molecule has 1 aromatic heterocycles. The van der Waals surface area contributed by atoms with Gasteiger partial charge in [-0.1, -0.05) is 42.5 Å². The smallest absolute Gasteiger partial charge is 0.254 e. The van der Waals surface area contributed by atoms with Crippen molar-refractivity contribution in [3.63, 3.8) is 0 Å². The molecule has 1 aliphatic rings. The fraction of sp³-hybridized carbons (Fsp3) is 0.357. The van der Waals surface area contributed by atoms with E-state index in [1.54, 1.807) is 23.3 Å². The molecule has 6 nitrogen and oxygen atoms in total. The monoisotopic (exact) mass is 491 g/mol. The molecule has 35 heavy (non-hydrogen) atoms. The van der Waals surface area contributed by atoms with Gasteiger partial charge in [0.1, 0.15) is 0 Å². The van der Waals surface area contributed by atoms with Crippen molar-refractivity contribution >= 4 is 28.8 Å². The highest BCUT2D eigenvalue weighted by Gasteiger charge is 2.44. The van der Waals surface area contributed by atoms with E-state index in [-0.39, 0.29) is 17.9 Å². The van der Waals surface area contributed by atoms with Crippen molar-refractivity contribution in [3.8, 4) is 0 Å². The molecule has 0 unspecified atom stereocenters. The first-order valence-corrected chi connectivity index (χ1v) is 13.0. The Hall–Kier alpha value is -3.16. The number of fused-ring (bicyclic) bond motifs is 1. The Morgan fingerprint density at radius 2 is 1.86 bits per heavy atom. The van der Waals surface area contributed by atoms with Crippen molar-refractivity contribution in [3.05, 3.63) is 88.1 Å². The lowest BCUT2D eigenvalue weighted by Gasteiger charge is -2.41. The molecule has 2 amide bonds. The van der Waals surface area contributed by atoms with Gasteiger partial charge in [0.05, 0.1) is 18.6 Å². The topological polar surface area (TPSA) is 61.9 Å². The van der Waals surface area contributed by atoms with E-state index in [1.165, 1.54) is 5.69 Å². The van der Waals surface area contributed by atoms with Crippen LogP contribution in [-0.2, 0) is 9.53 Å². The number of anilines is 1. The minimum atomic E-state index is -0.476. The van der Waals surface area contributed by atoms with Crippen LogP contribution in [0.2, 0.25) is 0 Å². The average molecular weight is 492 g/mol. The number of methoxy groups -OCH3 is 1. The molecule has 2 aromatic carbocycles. The molecule has 0 spiro atoms. The van der Waals surface area contributed by atoms with Crippen LogP contribution in [0.4, 0.5) is 5.69 Å². The number of rotatable bonds is 11. The highest BCUT2D eigenvalue weighted by molar-refractivity contribution is 7.10. The molecule has 4 rings (SSSR count). The van der Waals surface area contributed by atoms with E-state index in [0.29, 0.717) is 25.3 Å². The molecule has 0 saturated carbocycles. The summed E-state index contributed by atoms with van der Waals surface area (Å²) in [6.07, 6.45) is 0.832. The second-order valence-electron chi connectivity index (χ2n) is 8.58. The molecule has 3 aromatic rings. The van der Waals surface area contributed by atoms with Crippen molar-refractivity contribution in [2.75, 3.05) is 44.8 Å². The second-order valence-corrected chi connectivity index (χ2v) is 9.56. The molecule has 0 aliphatic carbocycles. The highest BCUT2D eigenvalue weighted by Crippen LogP contribution is 2.44. The van der Waals surface area contributed by atoms with Gasteiger partial charge in [0.25, 0.3) is 5.91 Å². The summed E-state index contributed by atoms with van der Waals surface area (Å²) in [5.41, 5.74) is 2.58. The molecule has 184 valence electrons. The third-order valence-corrected chi connectivity index (χ3v) is 7.44. The number of carbonyl (C=O) groups is 2. The van der Waals surface area contributed by atoms with E-state index in [0.717, 1.165) is 30.0 Å². The molecule has 0 radical (unpaired) electrons. The van der Waals surface area contributed by atoms with E-state index < -0.39 is 5.92 Å². The maximum atomic E-state index is 13.7. The summed E-state index contributed by atoms with van der Waals surface area (Å²) in [5.74, 6) is -0.578. The van der Waals surface area contributed by atoms with Gasteiger partial charge in [-0.15, -0.1) is 11.3 Å². The number of nitrogens with one attached hydrogen (secondary N) is 1. The molecule has 0 fully saturated rings. The van der Waals surface area contributed by atoms with Gasteiger partial charge in [0, 0.05) is 49.4 Å². The summed E-state index contributed by atoms with van der Waals surface area (Å²) in [6.45, 7) is 5.32. The number of hydrogen-bond acceptors (Lipinski definition) is 5. The van der Waals surface area contributed by atoms with Crippen molar-refractivity contribution in [2.24, 2.45) is 0 Å². The molecule has 2 heterocycles. The molecule has 1 aliphatic heterocycles. The Labute approximate surface area is 211 Å². The molecular formula is C28H33N3O3S. The quantitative estimate of drug-likeness (QED) is 0.395. The van der Waals surface area contributed by atoms with E-state index in [2.05, 4.69) is 29.3 Å². The van der Waals surface area contributed by atoms with Crippen LogP contribution in [0.5, 0.6) is 0 Å². The van der Waals surface area contributed by atoms with Gasteiger partial charge in [-0.2, -0.15) is 0 Å². The van der Waals surface area contributed by atoms with E-state index >= 15 is 0 Å². The number of nitrogens with zero attached hydrogens (tertiary/aromatic N) is 2. The van der Waals surface area contributed by atoms with Crippen LogP contribution in [-0.4, -0.2) is 56.6 Å². The lowest BCUT2D eigenvalue weighted by molar-refractivity contribution is -0.124. The maximum Gasteiger partial charge on any atom is 0.254 e. The summed E-state index contributed by atoms with van der Waals surface area (Å²) < 4.78 is 5.30. The molecule has 0 bridgehead atoms. The zero-order valence-electron chi connectivity index (χ0n) is 20.4. The second kappa shape index (κ2) is 12.0. The number of amides is 2. The van der Waals surface area contributed by atoms with Gasteiger partial charge < -0.3 is 19.9 Å².